The molecular weight excluding hydrogens is 395 g/mol. The second-order valence-electron chi connectivity index (χ2n) is 10.8. The lowest BCUT2D eigenvalue weighted by molar-refractivity contribution is -0.206. The van der Waals surface area contributed by atoms with Crippen molar-refractivity contribution >= 4 is 7.12 Å². The molecule has 6 nitrogen and oxygen atoms in total. The molecule has 4 atom stereocenters. The summed E-state index contributed by atoms with van der Waals surface area (Å²) in [4.78, 5) is 0. The highest BCUT2D eigenvalue weighted by Crippen LogP contribution is 2.46. The molecule has 0 bridgehead atoms. The summed E-state index contributed by atoms with van der Waals surface area (Å²) in [7, 11) is -0.145. The van der Waals surface area contributed by atoms with Crippen molar-refractivity contribution in [3.63, 3.8) is 0 Å². The van der Waals surface area contributed by atoms with Crippen molar-refractivity contribution in [3.05, 3.63) is 0 Å². The van der Waals surface area contributed by atoms with Crippen molar-refractivity contribution < 1.29 is 28.3 Å². The van der Waals surface area contributed by atoms with Gasteiger partial charge in [0.15, 0.2) is 11.6 Å². The third-order valence-corrected chi connectivity index (χ3v) is 8.66. The average Bonchev–Trinajstić information content (AvgIpc) is 3.53. The van der Waals surface area contributed by atoms with E-state index in [0.717, 1.165) is 25.7 Å². The lowest BCUT2D eigenvalue weighted by Crippen LogP contribution is -2.46. The highest BCUT2D eigenvalue weighted by Gasteiger charge is 2.57. The Morgan fingerprint density at radius 1 is 0.548 bits per heavy atom. The fourth-order valence-electron chi connectivity index (χ4n) is 6.91. The topological polar surface area (TPSA) is 55.4 Å². The van der Waals surface area contributed by atoms with Gasteiger partial charge in [-0.25, -0.2) is 0 Å². The normalized spacial score (nSPS) is 40.8. The highest BCUT2D eigenvalue weighted by molar-refractivity contribution is 6.47. The molecule has 6 rings (SSSR count). The summed E-state index contributed by atoms with van der Waals surface area (Å²) in [6, 6.07) is 0. The molecule has 0 radical (unpaired) electrons. The van der Waals surface area contributed by atoms with Gasteiger partial charge in [0.05, 0.1) is 25.4 Å². The van der Waals surface area contributed by atoms with E-state index < -0.39 is 11.6 Å². The van der Waals surface area contributed by atoms with Crippen LogP contribution in [-0.2, 0) is 28.3 Å². The van der Waals surface area contributed by atoms with E-state index in [1.807, 2.05) is 0 Å². The minimum Gasteiger partial charge on any atom is -0.403 e. The van der Waals surface area contributed by atoms with Crippen molar-refractivity contribution in [1.82, 2.24) is 0 Å². The molecule has 0 aromatic carbocycles. The third kappa shape index (κ3) is 4.24. The predicted octanol–water partition coefficient (Wildman–Crippen LogP) is 4.74. The number of hydrogen-bond acceptors (Lipinski definition) is 6. The Morgan fingerprint density at radius 3 is 1.48 bits per heavy atom. The van der Waals surface area contributed by atoms with Gasteiger partial charge in [-0.15, -0.1) is 0 Å². The first-order chi connectivity index (χ1) is 15.2. The van der Waals surface area contributed by atoms with Gasteiger partial charge < -0.3 is 28.3 Å². The lowest BCUT2D eigenvalue weighted by Gasteiger charge is -2.34. The molecule has 174 valence electrons. The molecule has 2 spiro atoms. The summed E-state index contributed by atoms with van der Waals surface area (Å²) in [5.41, 5.74) is 0. The van der Waals surface area contributed by atoms with E-state index in [-0.39, 0.29) is 31.5 Å². The summed E-state index contributed by atoms with van der Waals surface area (Å²) < 4.78 is 39.1. The maximum Gasteiger partial charge on any atom is 0.460 e. The number of hydrogen-bond donors (Lipinski definition) is 0. The predicted molar refractivity (Wildman–Crippen MR) is 116 cm³/mol. The first kappa shape index (κ1) is 21.4. The number of ether oxygens (including phenoxy) is 4. The molecule has 3 saturated heterocycles. The van der Waals surface area contributed by atoms with E-state index in [1.54, 1.807) is 0 Å². The maximum atomic E-state index is 6.66. The van der Waals surface area contributed by atoms with Gasteiger partial charge in [-0.2, -0.15) is 0 Å². The standard InChI is InChI=1S/C24H39BO6/c1-4-10-18(11-5-1)25-30-21(19-16-26-23(28-19)12-6-2-7-13-23)22(31-25)20-17-27-24(29-20)14-8-3-9-15-24/h18-22H,1-17H2/t19-,20+,21-,22-/m1/s1. The first-order valence-corrected chi connectivity index (χ1v) is 13.2. The molecule has 3 aliphatic carbocycles. The molecule has 0 unspecified atom stereocenters. The van der Waals surface area contributed by atoms with Gasteiger partial charge >= 0.3 is 7.12 Å². The van der Waals surface area contributed by atoms with E-state index in [4.69, 9.17) is 28.3 Å². The van der Waals surface area contributed by atoms with Crippen LogP contribution in [0.1, 0.15) is 96.3 Å². The SMILES string of the molecule is C1CCC(B2O[C@H]([C@@H]3COC4(CCCCC4)O3)[C@@H]([C@H]3COC4(CCCCC4)O3)O2)CC1. The quantitative estimate of drug-likeness (QED) is 0.598. The molecule has 3 saturated carbocycles. The minimum atomic E-state index is -0.391. The van der Waals surface area contributed by atoms with E-state index in [9.17, 15) is 0 Å². The van der Waals surface area contributed by atoms with Crippen LogP contribution in [0.3, 0.4) is 0 Å². The summed E-state index contributed by atoms with van der Waals surface area (Å²) >= 11 is 0. The van der Waals surface area contributed by atoms with E-state index >= 15 is 0 Å². The fraction of sp³-hybridized carbons (Fsp3) is 1.00. The molecule has 3 heterocycles. The Balaban J connectivity index is 1.18. The van der Waals surface area contributed by atoms with Gasteiger partial charge in [0, 0.05) is 25.7 Å². The summed E-state index contributed by atoms with van der Waals surface area (Å²) in [5, 5.41) is 0. The summed E-state index contributed by atoms with van der Waals surface area (Å²) in [5.74, 6) is -0.299. The van der Waals surface area contributed by atoms with Gasteiger partial charge in [-0.3, -0.25) is 0 Å². The summed E-state index contributed by atoms with van der Waals surface area (Å²) in [6.07, 6.45) is 17.2. The second-order valence-corrected chi connectivity index (χ2v) is 10.8. The largest absolute Gasteiger partial charge is 0.460 e. The van der Waals surface area contributed by atoms with E-state index in [1.165, 1.54) is 70.6 Å². The van der Waals surface area contributed by atoms with Crippen LogP contribution in [0.2, 0.25) is 5.82 Å². The average molecular weight is 434 g/mol. The highest BCUT2D eigenvalue weighted by atomic mass is 16.8. The Morgan fingerprint density at radius 2 is 1.00 bits per heavy atom. The Labute approximate surface area is 187 Å². The Kier molecular flexibility index (Phi) is 6.12. The van der Waals surface area contributed by atoms with Crippen LogP contribution in [0.4, 0.5) is 0 Å². The van der Waals surface area contributed by atoms with E-state index in [0.29, 0.717) is 19.0 Å². The molecule has 0 amide bonds. The third-order valence-electron chi connectivity index (χ3n) is 8.66. The molecule has 6 fully saturated rings. The molecule has 0 N–H and O–H groups in total. The second kappa shape index (κ2) is 8.88. The van der Waals surface area contributed by atoms with Crippen LogP contribution < -0.4 is 0 Å². The van der Waals surface area contributed by atoms with Crippen molar-refractivity contribution in [3.8, 4) is 0 Å². The molecule has 6 aliphatic rings. The molecule has 31 heavy (non-hydrogen) atoms. The summed E-state index contributed by atoms with van der Waals surface area (Å²) in [6.45, 7) is 1.20. The monoisotopic (exact) mass is 434 g/mol. The van der Waals surface area contributed by atoms with Gasteiger partial charge in [0.1, 0.15) is 12.2 Å². The lowest BCUT2D eigenvalue weighted by atomic mass is 9.64. The zero-order valence-corrected chi connectivity index (χ0v) is 18.9. The maximum absolute atomic E-state index is 6.66. The zero-order valence-electron chi connectivity index (χ0n) is 18.9. The van der Waals surface area contributed by atoms with Crippen LogP contribution in [0.5, 0.6) is 0 Å². The van der Waals surface area contributed by atoms with Crippen LogP contribution in [0, 0.1) is 0 Å². The molecular formula is C24H39BO6. The van der Waals surface area contributed by atoms with Gasteiger partial charge in [-0.1, -0.05) is 44.9 Å². The smallest absolute Gasteiger partial charge is 0.403 e. The van der Waals surface area contributed by atoms with Crippen LogP contribution in [0.25, 0.3) is 0 Å². The molecule has 7 heteroatoms. The van der Waals surface area contributed by atoms with Crippen molar-refractivity contribution in [2.24, 2.45) is 0 Å². The van der Waals surface area contributed by atoms with E-state index in [2.05, 4.69) is 0 Å². The van der Waals surface area contributed by atoms with Gasteiger partial charge in [0.2, 0.25) is 0 Å². The minimum absolute atomic E-state index is 0.0804. The Hall–Kier alpha value is -0.175. The first-order valence-electron chi connectivity index (χ1n) is 13.2. The number of rotatable bonds is 3. The Bertz CT molecular complexity index is 569. The molecule has 3 aliphatic heterocycles. The van der Waals surface area contributed by atoms with Crippen LogP contribution in [0.15, 0.2) is 0 Å². The zero-order chi connectivity index (χ0) is 20.7. The van der Waals surface area contributed by atoms with Crippen LogP contribution >= 0.6 is 0 Å². The van der Waals surface area contributed by atoms with Crippen molar-refractivity contribution in [2.45, 2.75) is 138 Å². The van der Waals surface area contributed by atoms with Crippen molar-refractivity contribution in [1.29, 1.82) is 0 Å². The molecule has 0 aromatic heterocycles. The fourth-order valence-corrected chi connectivity index (χ4v) is 6.91. The van der Waals surface area contributed by atoms with Crippen LogP contribution in [-0.4, -0.2) is 56.3 Å². The molecule has 0 aromatic rings. The van der Waals surface area contributed by atoms with Gasteiger partial charge in [0.25, 0.3) is 0 Å². The van der Waals surface area contributed by atoms with Gasteiger partial charge in [-0.05, 0) is 31.5 Å². The van der Waals surface area contributed by atoms with Crippen molar-refractivity contribution in [2.75, 3.05) is 13.2 Å².